The first-order chi connectivity index (χ1) is 8.10. The number of methoxy groups -OCH3 is 1. The van der Waals surface area contributed by atoms with Crippen molar-refractivity contribution in [1.29, 1.82) is 5.26 Å². The molecule has 92 valence electrons. The van der Waals surface area contributed by atoms with Crippen LogP contribution in [0.3, 0.4) is 0 Å². The highest BCUT2D eigenvalue weighted by Crippen LogP contribution is 2.14. The Bertz CT molecular complexity index is 414. The number of likely N-dealkylation sites (N-methyl/N-ethyl adjacent to an activating group) is 1. The van der Waals surface area contributed by atoms with E-state index in [1.807, 2.05) is 24.9 Å². The molecule has 1 aromatic rings. The van der Waals surface area contributed by atoms with Gasteiger partial charge in [0.05, 0.1) is 12.2 Å². The van der Waals surface area contributed by atoms with Gasteiger partial charge in [-0.2, -0.15) is 5.26 Å². The Labute approximate surface area is 101 Å². The molecule has 0 spiro atoms. The van der Waals surface area contributed by atoms with E-state index in [1.54, 1.807) is 19.2 Å². The maximum absolute atomic E-state index is 13.8. The molecule has 1 atom stereocenters. The second kappa shape index (κ2) is 6.33. The molecule has 0 heterocycles. The predicted octanol–water partition coefficient (Wildman–Crippen LogP) is 2.16. The zero-order valence-electron chi connectivity index (χ0n) is 10.4. The van der Waals surface area contributed by atoms with Crippen molar-refractivity contribution in [3.05, 3.63) is 35.1 Å². The van der Waals surface area contributed by atoms with Gasteiger partial charge in [-0.15, -0.1) is 0 Å². The van der Waals surface area contributed by atoms with Gasteiger partial charge < -0.3 is 4.74 Å². The van der Waals surface area contributed by atoms with Gasteiger partial charge in [0.15, 0.2) is 0 Å². The minimum absolute atomic E-state index is 0.0929. The van der Waals surface area contributed by atoms with E-state index < -0.39 is 5.82 Å². The zero-order chi connectivity index (χ0) is 12.8. The van der Waals surface area contributed by atoms with Crippen LogP contribution in [0, 0.1) is 17.1 Å². The standard InChI is InChI=1S/C13H17FN2O/c1-10(9-17-3)16(2)8-12-6-4-5-11(7-15)13(12)14/h4-6,10H,8-9H2,1-3H3. The molecule has 1 unspecified atom stereocenters. The van der Waals surface area contributed by atoms with Crippen molar-refractivity contribution in [3.8, 4) is 6.07 Å². The third kappa shape index (κ3) is 3.52. The van der Waals surface area contributed by atoms with E-state index in [-0.39, 0.29) is 11.6 Å². The molecule has 3 nitrogen and oxygen atoms in total. The van der Waals surface area contributed by atoms with Crippen molar-refractivity contribution in [2.45, 2.75) is 19.5 Å². The van der Waals surface area contributed by atoms with Gasteiger partial charge in [-0.05, 0) is 20.0 Å². The van der Waals surface area contributed by atoms with Crippen molar-refractivity contribution in [3.63, 3.8) is 0 Å². The van der Waals surface area contributed by atoms with Crippen LogP contribution in [0.15, 0.2) is 18.2 Å². The Morgan fingerprint density at radius 1 is 1.53 bits per heavy atom. The van der Waals surface area contributed by atoms with E-state index in [2.05, 4.69) is 0 Å². The molecule has 0 aromatic heterocycles. The van der Waals surface area contributed by atoms with Gasteiger partial charge in [0.2, 0.25) is 0 Å². The van der Waals surface area contributed by atoms with Crippen LogP contribution in [-0.2, 0) is 11.3 Å². The van der Waals surface area contributed by atoms with E-state index in [9.17, 15) is 4.39 Å². The molecule has 0 saturated heterocycles. The molecule has 1 aromatic carbocycles. The lowest BCUT2D eigenvalue weighted by atomic mass is 10.1. The smallest absolute Gasteiger partial charge is 0.145 e. The summed E-state index contributed by atoms with van der Waals surface area (Å²) in [7, 11) is 3.55. The minimum Gasteiger partial charge on any atom is -0.383 e. The lowest BCUT2D eigenvalue weighted by molar-refractivity contribution is 0.111. The largest absolute Gasteiger partial charge is 0.383 e. The second-order valence-electron chi connectivity index (χ2n) is 4.11. The fourth-order valence-corrected chi connectivity index (χ4v) is 1.58. The molecule has 0 bridgehead atoms. The van der Waals surface area contributed by atoms with E-state index >= 15 is 0 Å². The third-order valence-corrected chi connectivity index (χ3v) is 2.78. The third-order valence-electron chi connectivity index (χ3n) is 2.78. The van der Waals surface area contributed by atoms with Crippen LogP contribution >= 0.6 is 0 Å². The normalized spacial score (nSPS) is 12.5. The number of halogens is 1. The SMILES string of the molecule is COCC(C)N(C)Cc1cccc(C#N)c1F. The number of nitrogens with zero attached hydrogens (tertiary/aromatic N) is 2. The fraction of sp³-hybridized carbons (Fsp3) is 0.462. The highest BCUT2D eigenvalue weighted by molar-refractivity contribution is 5.34. The van der Waals surface area contributed by atoms with Crippen LogP contribution < -0.4 is 0 Å². The summed E-state index contributed by atoms with van der Waals surface area (Å²) in [6.07, 6.45) is 0. The predicted molar refractivity (Wildman–Crippen MR) is 63.9 cm³/mol. The van der Waals surface area contributed by atoms with Crippen molar-refractivity contribution in [2.75, 3.05) is 20.8 Å². The molecule has 0 amide bonds. The molecule has 4 heteroatoms. The van der Waals surface area contributed by atoms with E-state index in [0.29, 0.717) is 18.7 Å². The van der Waals surface area contributed by atoms with Crippen LogP contribution in [0.2, 0.25) is 0 Å². The summed E-state index contributed by atoms with van der Waals surface area (Å²) in [6, 6.07) is 6.93. The summed E-state index contributed by atoms with van der Waals surface area (Å²) in [5, 5.41) is 8.75. The molecule has 0 aliphatic carbocycles. The molecular formula is C13H17FN2O. The number of nitriles is 1. The summed E-state index contributed by atoms with van der Waals surface area (Å²) in [6.45, 7) is 3.07. The topological polar surface area (TPSA) is 36.3 Å². The summed E-state index contributed by atoms with van der Waals surface area (Å²) in [5.74, 6) is -0.425. The Morgan fingerprint density at radius 3 is 2.82 bits per heavy atom. The Kier molecular flexibility index (Phi) is 5.08. The highest BCUT2D eigenvalue weighted by Gasteiger charge is 2.13. The molecule has 0 radical (unpaired) electrons. The number of benzene rings is 1. The van der Waals surface area contributed by atoms with Crippen LogP contribution in [-0.4, -0.2) is 31.7 Å². The van der Waals surface area contributed by atoms with E-state index in [1.165, 1.54) is 6.07 Å². The van der Waals surface area contributed by atoms with Crippen LogP contribution in [0.25, 0.3) is 0 Å². The molecule has 0 fully saturated rings. The van der Waals surface area contributed by atoms with Gasteiger partial charge in [0.25, 0.3) is 0 Å². The molecule has 17 heavy (non-hydrogen) atoms. The lowest BCUT2D eigenvalue weighted by Gasteiger charge is -2.24. The number of ether oxygens (including phenoxy) is 1. The van der Waals surface area contributed by atoms with Crippen LogP contribution in [0.4, 0.5) is 4.39 Å². The van der Waals surface area contributed by atoms with Gasteiger partial charge in [0.1, 0.15) is 11.9 Å². The van der Waals surface area contributed by atoms with E-state index in [4.69, 9.17) is 10.00 Å². The second-order valence-corrected chi connectivity index (χ2v) is 4.11. The molecule has 0 aliphatic rings. The average molecular weight is 236 g/mol. The van der Waals surface area contributed by atoms with Crippen molar-refractivity contribution < 1.29 is 9.13 Å². The van der Waals surface area contributed by atoms with Crippen molar-refractivity contribution in [1.82, 2.24) is 4.90 Å². The Hall–Kier alpha value is -1.44. The molecular weight excluding hydrogens is 219 g/mol. The minimum atomic E-state index is -0.425. The lowest BCUT2D eigenvalue weighted by Crippen LogP contribution is -2.32. The highest BCUT2D eigenvalue weighted by atomic mass is 19.1. The number of rotatable bonds is 5. The van der Waals surface area contributed by atoms with Crippen molar-refractivity contribution >= 4 is 0 Å². The van der Waals surface area contributed by atoms with Crippen molar-refractivity contribution in [2.24, 2.45) is 0 Å². The molecule has 0 saturated carbocycles. The van der Waals surface area contributed by atoms with Gasteiger partial charge in [0, 0.05) is 25.3 Å². The van der Waals surface area contributed by atoms with Crippen LogP contribution in [0.5, 0.6) is 0 Å². The summed E-state index contributed by atoms with van der Waals surface area (Å²) >= 11 is 0. The van der Waals surface area contributed by atoms with Gasteiger partial charge in [-0.1, -0.05) is 12.1 Å². The monoisotopic (exact) mass is 236 g/mol. The van der Waals surface area contributed by atoms with Gasteiger partial charge in [-0.3, -0.25) is 4.90 Å². The molecule has 0 N–H and O–H groups in total. The van der Waals surface area contributed by atoms with Crippen LogP contribution in [0.1, 0.15) is 18.1 Å². The number of hydrogen-bond donors (Lipinski definition) is 0. The first kappa shape index (κ1) is 13.6. The summed E-state index contributed by atoms with van der Waals surface area (Å²) in [5.41, 5.74) is 0.629. The first-order valence-electron chi connectivity index (χ1n) is 5.46. The number of hydrogen-bond acceptors (Lipinski definition) is 3. The fourth-order valence-electron chi connectivity index (χ4n) is 1.58. The summed E-state index contributed by atoms with van der Waals surface area (Å²) < 4.78 is 18.9. The van der Waals surface area contributed by atoms with E-state index in [0.717, 1.165) is 0 Å². The Balaban J connectivity index is 2.79. The Morgan fingerprint density at radius 2 is 2.24 bits per heavy atom. The maximum Gasteiger partial charge on any atom is 0.145 e. The summed E-state index contributed by atoms with van der Waals surface area (Å²) in [4.78, 5) is 1.99. The molecule has 1 rings (SSSR count). The van der Waals surface area contributed by atoms with Gasteiger partial charge >= 0.3 is 0 Å². The first-order valence-corrected chi connectivity index (χ1v) is 5.46. The molecule has 0 aliphatic heterocycles. The quantitative estimate of drug-likeness (QED) is 0.786. The van der Waals surface area contributed by atoms with Gasteiger partial charge in [-0.25, -0.2) is 4.39 Å². The zero-order valence-corrected chi connectivity index (χ0v) is 10.4. The maximum atomic E-state index is 13.8. The average Bonchev–Trinajstić information content (AvgIpc) is 2.32.